The molecule has 3 rings (SSSR count). The van der Waals surface area contributed by atoms with Gasteiger partial charge in [0.2, 0.25) is 0 Å². The summed E-state index contributed by atoms with van der Waals surface area (Å²) in [6.45, 7) is 7.07. The summed E-state index contributed by atoms with van der Waals surface area (Å²) < 4.78 is 38.8. The average molecular weight is 468 g/mol. The van der Waals surface area contributed by atoms with E-state index in [1.165, 1.54) is 25.4 Å². The molecule has 2 aromatic rings. The van der Waals surface area contributed by atoms with Crippen molar-refractivity contribution in [3.05, 3.63) is 46.7 Å². The summed E-state index contributed by atoms with van der Waals surface area (Å²) in [7, 11) is -2.58. The first-order valence-corrected chi connectivity index (χ1v) is 11.6. The number of pyridine rings is 1. The lowest BCUT2D eigenvalue weighted by atomic mass is 9.99. The Morgan fingerprint density at radius 2 is 2.03 bits per heavy atom. The lowest BCUT2D eigenvalue weighted by molar-refractivity contribution is 0.0686. The van der Waals surface area contributed by atoms with Crippen molar-refractivity contribution in [3.8, 4) is 5.75 Å². The smallest absolute Gasteiger partial charge is 0.410 e. The second-order valence-corrected chi connectivity index (χ2v) is 10.6. The Hall–Kier alpha value is -2.52. The number of benzene rings is 1. The van der Waals surface area contributed by atoms with Crippen LogP contribution in [0.15, 0.2) is 35.4 Å². The number of sulfonamides is 1. The number of nitrogens with one attached hydrogen (secondary N) is 1. The molecule has 2 heterocycles. The average Bonchev–Trinajstić information content (AvgIpc) is 2.70. The molecule has 10 heteroatoms. The van der Waals surface area contributed by atoms with E-state index in [4.69, 9.17) is 21.1 Å². The van der Waals surface area contributed by atoms with Gasteiger partial charge < -0.3 is 14.4 Å². The number of hydrogen-bond acceptors (Lipinski definition) is 6. The van der Waals surface area contributed by atoms with Crippen LogP contribution in [0.4, 0.5) is 10.5 Å². The number of ether oxygens (including phenoxy) is 2. The van der Waals surface area contributed by atoms with Crippen LogP contribution >= 0.6 is 11.6 Å². The number of nitrogens with zero attached hydrogens (tertiary/aromatic N) is 2. The predicted molar refractivity (Wildman–Crippen MR) is 118 cm³/mol. The third kappa shape index (κ3) is 5.80. The molecule has 31 heavy (non-hydrogen) atoms. The quantitative estimate of drug-likeness (QED) is 0.711. The molecule has 0 saturated carbocycles. The van der Waals surface area contributed by atoms with Crippen LogP contribution in [0, 0.1) is 5.41 Å². The van der Waals surface area contributed by atoms with Gasteiger partial charge in [-0.15, -0.1) is 0 Å². The van der Waals surface area contributed by atoms with Crippen LogP contribution in [0.3, 0.4) is 0 Å². The van der Waals surface area contributed by atoms with Crippen molar-refractivity contribution < 1.29 is 22.7 Å². The molecule has 1 aliphatic rings. The standard InChI is InChI=1S/C21H26ClN3O5S/c1-21(2,3)13-30-20(26)25-8-7-17-14(12-25)9-16(11-23-17)24-31(27,28)19-10-15(22)5-6-18(19)29-4/h5-6,9-11,24H,7-8,12-13H2,1-4H3. The van der Waals surface area contributed by atoms with Gasteiger partial charge in [0.25, 0.3) is 10.0 Å². The van der Waals surface area contributed by atoms with Crippen molar-refractivity contribution in [1.29, 1.82) is 0 Å². The Balaban J connectivity index is 1.78. The first-order valence-electron chi connectivity index (χ1n) is 9.74. The second-order valence-electron chi connectivity index (χ2n) is 8.52. The summed E-state index contributed by atoms with van der Waals surface area (Å²) in [5.41, 5.74) is 1.74. The van der Waals surface area contributed by atoms with E-state index in [-0.39, 0.29) is 26.8 Å². The van der Waals surface area contributed by atoms with Crippen LogP contribution in [0.25, 0.3) is 0 Å². The third-order valence-corrected chi connectivity index (χ3v) is 6.23. The Labute approximate surface area is 187 Å². The third-order valence-electron chi connectivity index (χ3n) is 4.59. The molecule has 0 spiro atoms. The van der Waals surface area contributed by atoms with E-state index in [1.807, 2.05) is 20.8 Å². The monoisotopic (exact) mass is 467 g/mol. The van der Waals surface area contributed by atoms with Gasteiger partial charge in [0.1, 0.15) is 10.6 Å². The minimum absolute atomic E-state index is 0.0763. The highest BCUT2D eigenvalue weighted by Gasteiger charge is 2.26. The number of methoxy groups -OCH3 is 1. The van der Waals surface area contributed by atoms with Crippen molar-refractivity contribution in [2.45, 2.75) is 38.6 Å². The number of anilines is 1. The molecule has 0 aliphatic carbocycles. The lowest BCUT2D eigenvalue weighted by Gasteiger charge is -2.29. The van der Waals surface area contributed by atoms with Gasteiger partial charge in [-0.1, -0.05) is 32.4 Å². The number of halogens is 1. The number of aromatic nitrogens is 1. The van der Waals surface area contributed by atoms with Crippen LogP contribution < -0.4 is 9.46 Å². The van der Waals surface area contributed by atoms with Crippen molar-refractivity contribution in [2.75, 3.05) is 25.0 Å². The highest BCUT2D eigenvalue weighted by molar-refractivity contribution is 7.92. The Morgan fingerprint density at radius 1 is 1.29 bits per heavy atom. The largest absolute Gasteiger partial charge is 0.495 e. The Kier molecular flexibility index (Phi) is 6.66. The number of carbonyl (C=O) groups excluding carboxylic acids is 1. The van der Waals surface area contributed by atoms with Gasteiger partial charge in [-0.3, -0.25) is 9.71 Å². The second kappa shape index (κ2) is 8.92. The van der Waals surface area contributed by atoms with Gasteiger partial charge in [0, 0.05) is 23.7 Å². The van der Waals surface area contributed by atoms with Crippen molar-refractivity contribution >= 4 is 33.4 Å². The normalized spacial score (nSPS) is 14.0. The van der Waals surface area contributed by atoms with Gasteiger partial charge in [-0.2, -0.15) is 0 Å². The van der Waals surface area contributed by atoms with E-state index in [1.54, 1.807) is 17.0 Å². The predicted octanol–water partition coefficient (Wildman–Crippen LogP) is 4.09. The van der Waals surface area contributed by atoms with Crippen molar-refractivity contribution in [2.24, 2.45) is 5.41 Å². The first kappa shape index (κ1) is 23.1. The molecular weight excluding hydrogens is 442 g/mol. The molecule has 0 bridgehead atoms. The highest BCUT2D eigenvalue weighted by atomic mass is 35.5. The van der Waals surface area contributed by atoms with E-state index in [0.29, 0.717) is 26.1 Å². The maximum absolute atomic E-state index is 12.9. The van der Waals surface area contributed by atoms with E-state index in [9.17, 15) is 13.2 Å². The summed E-state index contributed by atoms with van der Waals surface area (Å²) in [6.07, 6.45) is 1.63. The SMILES string of the molecule is COc1ccc(Cl)cc1S(=O)(=O)Nc1cnc2c(c1)CN(C(=O)OCC(C)(C)C)CC2. The molecule has 0 atom stereocenters. The fourth-order valence-corrected chi connectivity index (χ4v) is 4.55. The summed E-state index contributed by atoms with van der Waals surface area (Å²) in [4.78, 5) is 18.3. The number of rotatable bonds is 5. The number of carbonyl (C=O) groups is 1. The molecule has 0 saturated heterocycles. The Bertz CT molecular complexity index is 1080. The van der Waals surface area contributed by atoms with Crippen LogP contribution in [0.1, 0.15) is 32.0 Å². The van der Waals surface area contributed by atoms with E-state index in [0.717, 1.165) is 11.3 Å². The van der Waals surface area contributed by atoms with Gasteiger partial charge in [0.15, 0.2) is 0 Å². The fourth-order valence-electron chi connectivity index (χ4n) is 3.08. The molecule has 0 fully saturated rings. The van der Waals surface area contributed by atoms with Gasteiger partial charge in [0.05, 0.1) is 32.1 Å². The molecule has 1 aromatic carbocycles. The van der Waals surface area contributed by atoms with Crippen molar-refractivity contribution in [1.82, 2.24) is 9.88 Å². The zero-order valence-corrected chi connectivity index (χ0v) is 19.5. The van der Waals surface area contributed by atoms with Gasteiger partial charge in [-0.05, 0) is 35.2 Å². The van der Waals surface area contributed by atoms with Gasteiger partial charge >= 0.3 is 6.09 Å². The first-order chi connectivity index (χ1) is 14.5. The maximum Gasteiger partial charge on any atom is 0.410 e. The summed E-state index contributed by atoms with van der Waals surface area (Å²) in [5.74, 6) is 0.176. The molecule has 1 aromatic heterocycles. The summed E-state index contributed by atoms with van der Waals surface area (Å²) in [6, 6.07) is 6.04. The highest BCUT2D eigenvalue weighted by Crippen LogP contribution is 2.29. The number of amides is 1. The van der Waals surface area contributed by atoms with Crippen molar-refractivity contribution in [3.63, 3.8) is 0 Å². The molecule has 8 nitrogen and oxygen atoms in total. The zero-order chi connectivity index (χ0) is 22.8. The Morgan fingerprint density at radius 3 is 2.71 bits per heavy atom. The van der Waals surface area contributed by atoms with Crippen LogP contribution in [-0.2, 0) is 27.7 Å². The molecule has 1 N–H and O–H groups in total. The van der Waals surface area contributed by atoms with Crippen LogP contribution in [0.2, 0.25) is 5.02 Å². The number of hydrogen-bond donors (Lipinski definition) is 1. The van der Waals surface area contributed by atoms with E-state index in [2.05, 4.69) is 9.71 Å². The molecule has 1 aliphatic heterocycles. The van der Waals surface area contributed by atoms with E-state index < -0.39 is 16.1 Å². The molecule has 168 valence electrons. The lowest BCUT2D eigenvalue weighted by Crippen LogP contribution is -2.38. The minimum Gasteiger partial charge on any atom is -0.495 e. The maximum atomic E-state index is 12.9. The van der Waals surface area contributed by atoms with Gasteiger partial charge in [-0.25, -0.2) is 13.2 Å². The zero-order valence-electron chi connectivity index (χ0n) is 17.9. The topological polar surface area (TPSA) is 97.8 Å². The van der Waals surface area contributed by atoms with Crippen LogP contribution in [0.5, 0.6) is 5.75 Å². The van der Waals surface area contributed by atoms with E-state index >= 15 is 0 Å². The summed E-state index contributed by atoms with van der Waals surface area (Å²) in [5, 5.41) is 0.272. The molecule has 0 unspecified atom stereocenters. The summed E-state index contributed by atoms with van der Waals surface area (Å²) >= 11 is 5.97. The molecule has 1 amide bonds. The molecular formula is C21H26ClN3O5S. The number of fused-ring (bicyclic) bond motifs is 1. The van der Waals surface area contributed by atoms with Crippen LogP contribution in [-0.4, -0.2) is 44.7 Å². The molecule has 0 radical (unpaired) electrons. The minimum atomic E-state index is -3.96. The fraction of sp³-hybridized carbons (Fsp3) is 0.429.